The standard InChI is InChI=1S/C19H21N5O/c20-12-17-6-7-18(21-14-17)24-10-8-23(9-11-24)15-19(25)22-13-16-4-2-1-3-5-16/h1-7,14H,8-11,13,15H2,(H,22,25). The van der Waals surface area contributed by atoms with Gasteiger partial charge in [-0.1, -0.05) is 30.3 Å². The van der Waals surface area contributed by atoms with E-state index in [2.05, 4.69) is 26.2 Å². The molecular weight excluding hydrogens is 314 g/mol. The van der Waals surface area contributed by atoms with Crippen LogP contribution in [0.25, 0.3) is 0 Å². The molecule has 1 aliphatic rings. The Kier molecular flexibility index (Phi) is 5.60. The summed E-state index contributed by atoms with van der Waals surface area (Å²) in [6, 6.07) is 15.6. The lowest BCUT2D eigenvalue weighted by molar-refractivity contribution is -0.122. The zero-order chi connectivity index (χ0) is 17.5. The summed E-state index contributed by atoms with van der Waals surface area (Å²) in [6.45, 7) is 4.27. The highest BCUT2D eigenvalue weighted by Gasteiger charge is 2.19. The van der Waals surface area contributed by atoms with Crippen LogP contribution in [0.1, 0.15) is 11.1 Å². The number of hydrogen-bond donors (Lipinski definition) is 1. The summed E-state index contributed by atoms with van der Waals surface area (Å²) in [5.74, 6) is 0.931. The van der Waals surface area contributed by atoms with Gasteiger partial charge in [-0.25, -0.2) is 4.98 Å². The normalized spacial score (nSPS) is 14.8. The average Bonchev–Trinajstić information content (AvgIpc) is 2.68. The Bertz CT molecular complexity index is 731. The van der Waals surface area contributed by atoms with E-state index >= 15 is 0 Å². The topological polar surface area (TPSA) is 72.3 Å². The van der Waals surface area contributed by atoms with Crippen LogP contribution in [-0.4, -0.2) is 48.5 Å². The summed E-state index contributed by atoms with van der Waals surface area (Å²) in [5.41, 5.74) is 1.67. The van der Waals surface area contributed by atoms with Gasteiger partial charge in [-0.15, -0.1) is 0 Å². The first-order chi connectivity index (χ1) is 12.2. The summed E-state index contributed by atoms with van der Waals surface area (Å²) < 4.78 is 0. The van der Waals surface area contributed by atoms with Crippen molar-refractivity contribution in [3.05, 3.63) is 59.8 Å². The molecule has 0 spiro atoms. The zero-order valence-corrected chi connectivity index (χ0v) is 14.1. The van der Waals surface area contributed by atoms with Crippen LogP contribution in [0.3, 0.4) is 0 Å². The van der Waals surface area contributed by atoms with E-state index in [-0.39, 0.29) is 5.91 Å². The van der Waals surface area contributed by atoms with E-state index in [1.807, 2.05) is 36.4 Å². The van der Waals surface area contributed by atoms with Gasteiger partial charge < -0.3 is 10.2 Å². The maximum absolute atomic E-state index is 12.1. The number of amides is 1. The van der Waals surface area contributed by atoms with E-state index in [0.717, 1.165) is 37.6 Å². The number of benzene rings is 1. The van der Waals surface area contributed by atoms with Gasteiger partial charge in [0.25, 0.3) is 0 Å². The second kappa shape index (κ2) is 8.27. The van der Waals surface area contributed by atoms with E-state index < -0.39 is 0 Å². The molecule has 2 aromatic rings. The Labute approximate surface area is 147 Å². The fraction of sp³-hybridized carbons (Fsp3) is 0.316. The summed E-state index contributed by atoms with van der Waals surface area (Å²) >= 11 is 0. The molecule has 1 N–H and O–H groups in total. The van der Waals surface area contributed by atoms with Crippen LogP contribution in [-0.2, 0) is 11.3 Å². The molecule has 1 aromatic carbocycles. The van der Waals surface area contributed by atoms with Gasteiger partial charge >= 0.3 is 0 Å². The number of nitriles is 1. The molecule has 1 aliphatic heterocycles. The number of rotatable bonds is 5. The Morgan fingerprint density at radius 1 is 1.12 bits per heavy atom. The smallest absolute Gasteiger partial charge is 0.234 e. The molecule has 2 heterocycles. The molecule has 6 heteroatoms. The van der Waals surface area contributed by atoms with Gasteiger partial charge in [0.15, 0.2) is 0 Å². The summed E-state index contributed by atoms with van der Waals surface area (Å²) in [5, 5.41) is 11.8. The number of aromatic nitrogens is 1. The molecule has 1 aromatic heterocycles. The molecule has 0 atom stereocenters. The summed E-state index contributed by atoms with van der Waals surface area (Å²) in [7, 11) is 0. The van der Waals surface area contributed by atoms with Gasteiger partial charge in [0.1, 0.15) is 11.9 Å². The minimum Gasteiger partial charge on any atom is -0.354 e. The van der Waals surface area contributed by atoms with Gasteiger partial charge in [0.05, 0.1) is 12.1 Å². The predicted octanol–water partition coefficient (Wildman–Crippen LogP) is 1.39. The fourth-order valence-electron chi connectivity index (χ4n) is 2.83. The number of anilines is 1. The number of pyridine rings is 1. The molecule has 1 fully saturated rings. The molecule has 3 rings (SSSR count). The monoisotopic (exact) mass is 335 g/mol. The van der Waals surface area contributed by atoms with Crippen molar-refractivity contribution >= 4 is 11.7 Å². The fourth-order valence-corrected chi connectivity index (χ4v) is 2.83. The number of nitrogens with zero attached hydrogens (tertiary/aromatic N) is 4. The average molecular weight is 335 g/mol. The first-order valence-electron chi connectivity index (χ1n) is 8.38. The third-order valence-corrected chi connectivity index (χ3v) is 4.27. The van der Waals surface area contributed by atoms with Crippen molar-refractivity contribution in [1.82, 2.24) is 15.2 Å². The second-order valence-electron chi connectivity index (χ2n) is 6.04. The molecule has 0 radical (unpaired) electrons. The molecule has 128 valence electrons. The molecule has 0 bridgehead atoms. The number of piperazine rings is 1. The maximum Gasteiger partial charge on any atom is 0.234 e. The van der Waals surface area contributed by atoms with Crippen LogP contribution in [0.4, 0.5) is 5.82 Å². The van der Waals surface area contributed by atoms with E-state index in [9.17, 15) is 4.79 Å². The minimum atomic E-state index is 0.0498. The van der Waals surface area contributed by atoms with Crippen LogP contribution in [0.15, 0.2) is 48.7 Å². The molecule has 0 unspecified atom stereocenters. The summed E-state index contributed by atoms with van der Waals surface area (Å²) in [4.78, 5) is 20.8. The van der Waals surface area contributed by atoms with Crippen molar-refractivity contribution in [3.63, 3.8) is 0 Å². The summed E-state index contributed by atoms with van der Waals surface area (Å²) in [6.07, 6.45) is 1.60. The molecule has 0 aliphatic carbocycles. The first-order valence-corrected chi connectivity index (χ1v) is 8.38. The number of hydrogen-bond acceptors (Lipinski definition) is 5. The highest BCUT2D eigenvalue weighted by atomic mass is 16.2. The van der Waals surface area contributed by atoms with E-state index in [0.29, 0.717) is 18.7 Å². The largest absolute Gasteiger partial charge is 0.354 e. The van der Waals surface area contributed by atoms with Crippen LogP contribution < -0.4 is 10.2 Å². The number of carbonyl (C=O) groups excluding carboxylic acids is 1. The molecule has 1 amide bonds. The van der Waals surface area contributed by atoms with E-state index in [1.54, 1.807) is 12.3 Å². The predicted molar refractivity (Wildman–Crippen MR) is 95.9 cm³/mol. The van der Waals surface area contributed by atoms with E-state index in [1.165, 1.54) is 0 Å². The highest BCUT2D eigenvalue weighted by Crippen LogP contribution is 2.13. The number of nitrogens with one attached hydrogen (secondary N) is 1. The quantitative estimate of drug-likeness (QED) is 0.894. The van der Waals surface area contributed by atoms with Crippen molar-refractivity contribution < 1.29 is 4.79 Å². The number of carbonyl (C=O) groups is 1. The molecule has 0 saturated carbocycles. The Hall–Kier alpha value is -2.91. The second-order valence-corrected chi connectivity index (χ2v) is 6.04. The lowest BCUT2D eigenvalue weighted by Gasteiger charge is -2.35. The van der Waals surface area contributed by atoms with Crippen LogP contribution in [0, 0.1) is 11.3 Å². The highest BCUT2D eigenvalue weighted by molar-refractivity contribution is 5.78. The van der Waals surface area contributed by atoms with Crippen molar-refractivity contribution in [2.75, 3.05) is 37.6 Å². The lowest BCUT2D eigenvalue weighted by Crippen LogP contribution is -2.49. The van der Waals surface area contributed by atoms with Crippen LogP contribution in [0.2, 0.25) is 0 Å². The van der Waals surface area contributed by atoms with Gasteiger partial charge in [-0.3, -0.25) is 9.69 Å². The van der Waals surface area contributed by atoms with Gasteiger partial charge in [-0.2, -0.15) is 5.26 Å². The van der Waals surface area contributed by atoms with Crippen LogP contribution in [0.5, 0.6) is 0 Å². The minimum absolute atomic E-state index is 0.0498. The van der Waals surface area contributed by atoms with Crippen molar-refractivity contribution in [2.24, 2.45) is 0 Å². The molecule has 1 saturated heterocycles. The Morgan fingerprint density at radius 3 is 2.52 bits per heavy atom. The van der Waals surface area contributed by atoms with Gasteiger partial charge in [0.2, 0.25) is 5.91 Å². The third-order valence-electron chi connectivity index (χ3n) is 4.27. The van der Waals surface area contributed by atoms with Crippen LogP contribution >= 0.6 is 0 Å². The van der Waals surface area contributed by atoms with Gasteiger partial charge in [0, 0.05) is 38.9 Å². The lowest BCUT2D eigenvalue weighted by atomic mass is 10.2. The molecule has 25 heavy (non-hydrogen) atoms. The van der Waals surface area contributed by atoms with Crippen molar-refractivity contribution in [3.8, 4) is 6.07 Å². The Balaban J connectivity index is 1.42. The SMILES string of the molecule is N#Cc1ccc(N2CCN(CC(=O)NCc3ccccc3)CC2)nc1. The molecular formula is C19H21N5O. The Morgan fingerprint density at radius 2 is 1.88 bits per heavy atom. The maximum atomic E-state index is 12.1. The van der Waals surface area contributed by atoms with E-state index in [4.69, 9.17) is 5.26 Å². The van der Waals surface area contributed by atoms with Crippen molar-refractivity contribution in [2.45, 2.75) is 6.54 Å². The third kappa shape index (κ3) is 4.78. The zero-order valence-electron chi connectivity index (χ0n) is 14.1. The molecule has 6 nitrogen and oxygen atoms in total. The van der Waals surface area contributed by atoms with Gasteiger partial charge in [-0.05, 0) is 17.7 Å². The first kappa shape index (κ1) is 16.9. The van der Waals surface area contributed by atoms with Crippen molar-refractivity contribution in [1.29, 1.82) is 5.26 Å².